The summed E-state index contributed by atoms with van der Waals surface area (Å²) in [6.07, 6.45) is 1.90. The fourth-order valence-electron chi connectivity index (χ4n) is 4.93. The van der Waals surface area contributed by atoms with Crippen LogP contribution >= 0.6 is 0 Å². The van der Waals surface area contributed by atoms with Gasteiger partial charge in [0.2, 0.25) is 0 Å². The maximum atomic E-state index is 13.3. The van der Waals surface area contributed by atoms with Crippen molar-refractivity contribution in [3.63, 3.8) is 0 Å². The number of nitrogens with one attached hydrogen (secondary N) is 2. The van der Waals surface area contributed by atoms with Crippen molar-refractivity contribution in [3.8, 4) is 0 Å². The Hall–Kier alpha value is -3.98. The first-order valence-electron chi connectivity index (χ1n) is 11.9. The lowest BCUT2D eigenvalue weighted by Crippen LogP contribution is -2.39. The number of carbonyl (C=O) groups excluding carboxylic acids is 1. The molecule has 1 unspecified atom stereocenters. The lowest BCUT2D eigenvalue weighted by atomic mass is 9.96. The second-order valence-electron chi connectivity index (χ2n) is 9.35. The van der Waals surface area contributed by atoms with Gasteiger partial charge in [-0.25, -0.2) is 4.98 Å². The summed E-state index contributed by atoms with van der Waals surface area (Å²) in [7, 11) is -3.69. The second-order valence-corrected chi connectivity index (χ2v) is 10.9. The van der Waals surface area contributed by atoms with Crippen molar-refractivity contribution in [2.45, 2.75) is 30.6 Å². The molecule has 36 heavy (non-hydrogen) atoms. The smallest absolute Gasteiger partial charge is 0.285 e. The van der Waals surface area contributed by atoms with Crippen molar-refractivity contribution in [2.75, 3.05) is 18.4 Å². The molecule has 1 fully saturated rings. The van der Waals surface area contributed by atoms with Crippen molar-refractivity contribution in [2.24, 2.45) is 4.40 Å². The Kier molecular flexibility index (Phi) is 5.37. The molecule has 0 radical (unpaired) electrons. The Morgan fingerprint density at radius 3 is 2.72 bits per heavy atom. The van der Waals surface area contributed by atoms with E-state index < -0.39 is 10.0 Å². The van der Waals surface area contributed by atoms with E-state index in [2.05, 4.69) is 33.8 Å². The maximum Gasteiger partial charge on any atom is 0.285 e. The Morgan fingerprint density at radius 2 is 1.89 bits per heavy atom. The summed E-state index contributed by atoms with van der Waals surface area (Å²) < 4.78 is 28.4. The number of aryl methyl sites for hydroxylation is 1. The molecule has 3 aromatic carbocycles. The van der Waals surface area contributed by atoms with Gasteiger partial charge in [-0.2, -0.15) is 8.42 Å². The number of sulfonamides is 1. The highest BCUT2D eigenvalue weighted by molar-refractivity contribution is 7.90. The number of aromatic nitrogens is 2. The lowest BCUT2D eigenvalue weighted by molar-refractivity contribution is 0.0705. The molecule has 2 aliphatic heterocycles. The molecule has 6 rings (SSSR count). The topological polar surface area (TPSA) is 108 Å². The molecular weight excluding hydrogens is 474 g/mol. The normalized spacial score (nSPS) is 18.6. The molecule has 1 saturated heterocycles. The molecule has 182 valence electrons. The van der Waals surface area contributed by atoms with E-state index >= 15 is 0 Å². The van der Waals surface area contributed by atoms with Crippen molar-refractivity contribution >= 4 is 38.5 Å². The Morgan fingerprint density at radius 1 is 1.08 bits per heavy atom. The zero-order chi connectivity index (χ0) is 24.9. The SMILES string of the molecule is Cc1ccc2nc(C3CCCN(C(=O)c4ccc(NC5=NS(=O)(=O)c6ccccc65)cc4)C3)[nH]c2c1. The number of amidine groups is 1. The van der Waals surface area contributed by atoms with E-state index in [1.807, 2.05) is 11.0 Å². The van der Waals surface area contributed by atoms with Gasteiger partial charge in [0.25, 0.3) is 15.9 Å². The summed E-state index contributed by atoms with van der Waals surface area (Å²) in [6, 6.07) is 19.9. The summed E-state index contributed by atoms with van der Waals surface area (Å²) in [4.78, 5) is 23.6. The number of anilines is 1. The largest absolute Gasteiger partial charge is 0.342 e. The molecule has 1 atom stereocenters. The summed E-state index contributed by atoms with van der Waals surface area (Å²) in [5.74, 6) is 1.35. The van der Waals surface area contributed by atoms with Crippen LogP contribution in [0.1, 0.15) is 46.1 Å². The molecule has 1 amide bonds. The van der Waals surface area contributed by atoms with Crippen molar-refractivity contribution in [1.29, 1.82) is 0 Å². The van der Waals surface area contributed by atoms with Crippen LogP contribution in [0.4, 0.5) is 5.69 Å². The van der Waals surface area contributed by atoms with Gasteiger partial charge >= 0.3 is 0 Å². The molecule has 0 saturated carbocycles. The minimum atomic E-state index is -3.69. The number of hydrogen-bond donors (Lipinski definition) is 2. The fraction of sp³-hybridized carbons (Fsp3) is 0.222. The van der Waals surface area contributed by atoms with E-state index in [1.165, 1.54) is 5.56 Å². The monoisotopic (exact) mass is 499 g/mol. The third kappa shape index (κ3) is 4.05. The Bertz CT molecular complexity index is 1620. The molecule has 0 bridgehead atoms. The van der Waals surface area contributed by atoms with Gasteiger partial charge in [0.05, 0.1) is 11.0 Å². The van der Waals surface area contributed by atoms with E-state index in [-0.39, 0.29) is 22.6 Å². The van der Waals surface area contributed by atoms with Gasteiger partial charge in [-0.1, -0.05) is 18.2 Å². The number of imidazole rings is 1. The van der Waals surface area contributed by atoms with Crippen LogP contribution in [0.25, 0.3) is 11.0 Å². The molecular formula is C27H25N5O3S. The van der Waals surface area contributed by atoms with Crippen LogP contribution in [0.15, 0.2) is 76.0 Å². The molecule has 2 aliphatic rings. The summed E-state index contributed by atoms with van der Waals surface area (Å²) in [5.41, 5.74) is 4.94. The second kappa shape index (κ2) is 8.60. The Labute approximate surface area is 209 Å². The quantitative estimate of drug-likeness (QED) is 0.433. The van der Waals surface area contributed by atoms with Gasteiger partial charge in [0, 0.05) is 35.8 Å². The predicted octanol–water partition coefficient (Wildman–Crippen LogP) is 4.45. The van der Waals surface area contributed by atoms with E-state index in [9.17, 15) is 13.2 Å². The van der Waals surface area contributed by atoms with Crippen molar-refractivity contribution in [1.82, 2.24) is 14.9 Å². The molecule has 0 spiro atoms. The maximum absolute atomic E-state index is 13.3. The van der Waals surface area contributed by atoms with E-state index in [0.29, 0.717) is 29.9 Å². The number of nitrogens with zero attached hydrogens (tertiary/aromatic N) is 3. The standard InChI is InChI=1S/C27H25N5O3S/c1-17-8-13-22-23(15-17)30-25(29-22)19-5-4-14-32(16-19)27(33)18-9-11-20(12-10-18)28-26-21-6-2-3-7-24(21)36(34,35)31-26/h2-3,6-13,15,19H,4-5,14,16H2,1H3,(H,28,31)(H,29,30). The highest BCUT2D eigenvalue weighted by Crippen LogP contribution is 2.29. The van der Waals surface area contributed by atoms with Crippen LogP contribution < -0.4 is 5.32 Å². The van der Waals surface area contributed by atoms with Gasteiger partial charge in [-0.15, -0.1) is 4.40 Å². The molecule has 9 heteroatoms. The number of carbonyl (C=O) groups is 1. The minimum Gasteiger partial charge on any atom is -0.342 e. The first-order valence-corrected chi connectivity index (χ1v) is 13.4. The van der Waals surface area contributed by atoms with Crippen molar-refractivity contribution in [3.05, 3.63) is 89.2 Å². The van der Waals surface area contributed by atoms with Gasteiger partial charge in [0.15, 0.2) is 5.84 Å². The van der Waals surface area contributed by atoms with Crippen LogP contribution in [0.2, 0.25) is 0 Å². The van der Waals surface area contributed by atoms with Crippen LogP contribution in [-0.4, -0.2) is 48.1 Å². The van der Waals surface area contributed by atoms with Crippen LogP contribution in [0, 0.1) is 6.92 Å². The first kappa shape index (κ1) is 22.5. The first-order chi connectivity index (χ1) is 17.4. The number of hydrogen-bond acceptors (Lipinski definition) is 5. The van der Waals surface area contributed by atoms with Gasteiger partial charge < -0.3 is 15.2 Å². The van der Waals surface area contributed by atoms with Crippen LogP contribution in [0.5, 0.6) is 0 Å². The number of aromatic amines is 1. The zero-order valence-electron chi connectivity index (χ0n) is 19.7. The van der Waals surface area contributed by atoms with E-state index in [4.69, 9.17) is 4.98 Å². The van der Waals surface area contributed by atoms with E-state index in [0.717, 1.165) is 29.7 Å². The fourth-order valence-corrected chi connectivity index (χ4v) is 6.11. The third-order valence-corrected chi connectivity index (χ3v) is 8.11. The van der Waals surface area contributed by atoms with Gasteiger partial charge in [-0.05, 0) is 73.9 Å². The molecule has 2 N–H and O–H groups in total. The lowest BCUT2D eigenvalue weighted by Gasteiger charge is -2.32. The summed E-state index contributed by atoms with van der Waals surface area (Å²) >= 11 is 0. The van der Waals surface area contributed by atoms with E-state index in [1.54, 1.807) is 48.5 Å². The average molecular weight is 500 g/mol. The zero-order valence-corrected chi connectivity index (χ0v) is 20.5. The van der Waals surface area contributed by atoms with Gasteiger partial charge in [-0.3, -0.25) is 4.79 Å². The van der Waals surface area contributed by atoms with Crippen LogP contribution in [-0.2, 0) is 10.0 Å². The third-order valence-electron chi connectivity index (χ3n) is 6.78. The molecule has 3 heterocycles. The molecule has 4 aromatic rings. The molecule has 8 nitrogen and oxygen atoms in total. The molecule has 0 aliphatic carbocycles. The average Bonchev–Trinajstić information content (AvgIpc) is 3.42. The summed E-state index contributed by atoms with van der Waals surface area (Å²) in [6.45, 7) is 3.38. The van der Waals surface area contributed by atoms with Crippen molar-refractivity contribution < 1.29 is 13.2 Å². The van der Waals surface area contributed by atoms with Crippen LogP contribution in [0.3, 0.4) is 0 Å². The Balaban J connectivity index is 1.16. The number of likely N-dealkylation sites (tertiary alicyclic amines) is 1. The number of benzene rings is 3. The predicted molar refractivity (Wildman–Crippen MR) is 139 cm³/mol. The van der Waals surface area contributed by atoms with Gasteiger partial charge in [0.1, 0.15) is 10.7 Å². The number of H-pyrrole nitrogens is 1. The highest BCUT2D eigenvalue weighted by atomic mass is 32.2. The highest BCUT2D eigenvalue weighted by Gasteiger charge is 2.29. The minimum absolute atomic E-state index is 0.0238. The summed E-state index contributed by atoms with van der Waals surface area (Å²) in [5, 5.41) is 3.08. The number of piperidine rings is 1. The number of rotatable bonds is 3. The number of amides is 1. The molecule has 1 aromatic heterocycles. The number of fused-ring (bicyclic) bond motifs is 2.